The van der Waals surface area contributed by atoms with E-state index in [1.165, 1.54) is 6.42 Å². The van der Waals surface area contributed by atoms with Crippen LogP contribution in [0.25, 0.3) is 0 Å². The fraction of sp³-hybridized carbons (Fsp3) is 0.917. The SMILES string of the molecule is CC(C)SCC(=O)N(C)C[C@@H]1CCCCO1. The first-order valence-electron chi connectivity index (χ1n) is 6.06. The van der Waals surface area contributed by atoms with Crippen LogP contribution in [-0.2, 0) is 9.53 Å². The zero-order valence-electron chi connectivity index (χ0n) is 10.6. The molecule has 1 amide bonds. The third-order valence-corrected chi connectivity index (χ3v) is 3.80. The third-order valence-electron chi connectivity index (χ3n) is 2.72. The van der Waals surface area contributed by atoms with Gasteiger partial charge in [0.2, 0.25) is 5.91 Å². The number of amides is 1. The highest BCUT2D eigenvalue weighted by Crippen LogP contribution is 2.14. The summed E-state index contributed by atoms with van der Waals surface area (Å²) in [7, 11) is 1.88. The van der Waals surface area contributed by atoms with Crippen LogP contribution >= 0.6 is 11.8 Å². The van der Waals surface area contributed by atoms with E-state index >= 15 is 0 Å². The lowest BCUT2D eigenvalue weighted by Gasteiger charge is -2.27. The molecule has 0 radical (unpaired) electrons. The number of rotatable bonds is 5. The quantitative estimate of drug-likeness (QED) is 0.743. The van der Waals surface area contributed by atoms with E-state index in [1.807, 2.05) is 11.9 Å². The summed E-state index contributed by atoms with van der Waals surface area (Å²) < 4.78 is 5.62. The molecular formula is C12H23NO2S. The molecule has 0 saturated carbocycles. The molecule has 0 unspecified atom stereocenters. The molecule has 94 valence electrons. The maximum absolute atomic E-state index is 11.8. The van der Waals surface area contributed by atoms with Crippen LogP contribution in [0.4, 0.5) is 0 Å². The van der Waals surface area contributed by atoms with Crippen LogP contribution in [0.5, 0.6) is 0 Å². The summed E-state index contributed by atoms with van der Waals surface area (Å²) >= 11 is 1.70. The Labute approximate surface area is 103 Å². The normalized spacial score (nSPS) is 21.1. The molecule has 1 heterocycles. The first kappa shape index (κ1) is 13.8. The molecule has 1 aliphatic rings. The van der Waals surface area contributed by atoms with E-state index < -0.39 is 0 Å². The van der Waals surface area contributed by atoms with Gasteiger partial charge >= 0.3 is 0 Å². The van der Waals surface area contributed by atoms with Crippen molar-refractivity contribution < 1.29 is 9.53 Å². The Morgan fingerprint density at radius 2 is 2.25 bits per heavy atom. The number of thioether (sulfide) groups is 1. The lowest BCUT2D eigenvalue weighted by Crippen LogP contribution is -2.38. The average Bonchev–Trinajstić information content (AvgIpc) is 2.27. The smallest absolute Gasteiger partial charge is 0.232 e. The van der Waals surface area contributed by atoms with Crippen LogP contribution in [-0.4, -0.2) is 48.1 Å². The number of carbonyl (C=O) groups excluding carboxylic acids is 1. The van der Waals surface area contributed by atoms with Gasteiger partial charge < -0.3 is 9.64 Å². The van der Waals surface area contributed by atoms with Crippen molar-refractivity contribution in [2.24, 2.45) is 0 Å². The molecule has 0 aromatic heterocycles. The van der Waals surface area contributed by atoms with Crippen LogP contribution in [0.1, 0.15) is 33.1 Å². The molecule has 0 aliphatic carbocycles. The molecule has 0 spiro atoms. The number of hydrogen-bond donors (Lipinski definition) is 0. The summed E-state index contributed by atoms with van der Waals surface area (Å²) in [6.45, 7) is 5.83. The minimum atomic E-state index is 0.216. The minimum absolute atomic E-state index is 0.216. The van der Waals surface area contributed by atoms with Crippen molar-refractivity contribution in [2.45, 2.75) is 44.5 Å². The fourth-order valence-electron chi connectivity index (χ4n) is 1.71. The zero-order chi connectivity index (χ0) is 12.0. The van der Waals surface area contributed by atoms with E-state index in [4.69, 9.17) is 4.74 Å². The first-order chi connectivity index (χ1) is 7.59. The maximum atomic E-state index is 11.8. The van der Waals surface area contributed by atoms with Gasteiger partial charge in [-0.25, -0.2) is 0 Å². The molecule has 16 heavy (non-hydrogen) atoms. The van der Waals surface area contributed by atoms with Crippen molar-refractivity contribution in [1.82, 2.24) is 4.90 Å². The van der Waals surface area contributed by atoms with Gasteiger partial charge in [0.15, 0.2) is 0 Å². The molecular weight excluding hydrogens is 222 g/mol. The van der Waals surface area contributed by atoms with E-state index in [2.05, 4.69) is 13.8 Å². The molecule has 0 bridgehead atoms. The molecule has 1 atom stereocenters. The summed E-state index contributed by atoms with van der Waals surface area (Å²) in [4.78, 5) is 13.6. The van der Waals surface area contributed by atoms with Crippen LogP contribution in [0.3, 0.4) is 0 Å². The number of nitrogens with zero attached hydrogens (tertiary/aromatic N) is 1. The molecule has 4 heteroatoms. The van der Waals surface area contributed by atoms with Crippen LogP contribution < -0.4 is 0 Å². The molecule has 0 N–H and O–H groups in total. The molecule has 1 fully saturated rings. The average molecular weight is 245 g/mol. The Kier molecular flexibility index (Phi) is 6.21. The van der Waals surface area contributed by atoms with Gasteiger partial charge in [-0.1, -0.05) is 13.8 Å². The summed E-state index contributed by atoms with van der Waals surface area (Å²) in [5, 5.41) is 0.517. The van der Waals surface area contributed by atoms with Gasteiger partial charge in [0.25, 0.3) is 0 Å². The molecule has 1 saturated heterocycles. The van der Waals surface area contributed by atoms with Crippen molar-refractivity contribution in [3.05, 3.63) is 0 Å². The fourth-order valence-corrected chi connectivity index (χ4v) is 2.40. The van der Waals surface area contributed by atoms with Crippen molar-refractivity contribution >= 4 is 17.7 Å². The van der Waals surface area contributed by atoms with Crippen LogP contribution in [0.15, 0.2) is 0 Å². The number of hydrogen-bond acceptors (Lipinski definition) is 3. The van der Waals surface area contributed by atoms with Gasteiger partial charge in [0.1, 0.15) is 0 Å². The van der Waals surface area contributed by atoms with Gasteiger partial charge in [-0.05, 0) is 24.5 Å². The Hall–Kier alpha value is -0.220. The number of likely N-dealkylation sites (N-methyl/N-ethyl adjacent to an activating group) is 1. The standard InChI is InChI=1S/C12H23NO2S/c1-10(2)16-9-12(14)13(3)8-11-6-4-5-7-15-11/h10-11H,4-9H2,1-3H3/t11-/m0/s1. The molecule has 3 nitrogen and oxygen atoms in total. The Bertz CT molecular complexity index is 215. The number of carbonyl (C=O) groups is 1. The van der Waals surface area contributed by atoms with Gasteiger partial charge in [0, 0.05) is 20.2 Å². The minimum Gasteiger partial charge on any atom is -0.376 e. The molecule has 0 aromatic carbocycles. The Balaban J connectivity index is 2.21. The van der Waals surface area contributed by atoms with Crippen molar-refractivity contribution in [1.29, 1.82) is 0 Å². The molecule has 1 aliphatic heterocycles. The Morgan fingerprint density at radius 1 is 1.50 bits per heavy atom. The largest absolute Gasteiger partial charge is 0.376 e. The van der Waals surface area contributed by atoms with Crippen molar-refractivity contribution in [3.63, 3.8) is 0 Å². The highest BCUT2D eigenvalue weighted by Gasteiger charge is 2.18. The summed E-state index contributed by atoms with van der Waals surface area (Å²) in [6, 6.07) is 0. The van der Waals surface area contributed by atoms with Crippen molar-refractivity contribution in [2.75, 3.05) is 26.0 Å². The topological polar surface area (TPSA) is 29.5 Å². The van der Waals surface area contributed by atoms with Gasteiger partial charge in [-0.2, -0.15) is 0 Å². The second-order valence-corrected chi connectivity index (χ2v) is 6.19. The second kappa shape index (κ2) is 7.17. The predicted octanol–water partition coefficient (Wildman–Crippen LogP) is 2.16. The Morgan fingerprint density at radius 3 is 2.81 bits per heavy atom. The maximum Gasteiger partial charge on any atom is 0.232 e. The molecule has 0 aromatic rings. The zero-order valence-corrected chi connectivity index (χ0v) is 11.4. The van der Waals surface area contributed by atoms with Crippen LogP contribution in [0, 0.1) is 0 Å². The second-order valence-electron chi connectivity index (χ2n) is 4.62. The highest BCUT2D eigenvalue weighted by atomic mass is 32.2. The van der Waals surface area contributed by atoms with E-state index in [9.17, 15) is 4.79 Å². The van der Waals surface area contributed by atoms with E-state index in [0.717, 1.165) is 26.0 Å². The third kappa shape index (κ3) is 5.21. The van der Waals surface area contributed by atoms with Gasteiger partial charge in [-0.15, -0.1) is 11.8 Å². The number of ether oxygens (including phenoxy) is 1. The summed E-state index contributed by atoms with van der Waals surface area (Å²) in [5.41, 5.74) is 0. The van der Waals surface area contributed by atoms with Gasteiger partial charge in [0.05, 0.1) is 11.9 Å². The highest BCUT2D eigenvalue weighted by molar-refractivity contribution is 8.00. The predicted molar refractivity (Wildman–Crippen MR) is 68.8 cm³/mol. The molecule has 1 rings (SSSR count). The van der Waals surface area contributed by atoms with E-state index in [0.29, 0.717) is 11.0 Å². The van der Waals surface area contributed by atoms with Crippen LogP contribution in [0.2, 0.25) is 0 Å². The summed E-state index contributed by atoms with van der Waals surface area (Å²) in [5.74, 6) is 0.800. The lowest BCUT2D eigenvalue weighted by atomic mass is 10.1. The van der Waals surface area contributed by atoms with Gasteiger partial charge in [-0.3, -0.25) is 4.79 Å². The summed E-state index contributed by atoms with van der Waals surface area (Å²) in [6.07, 6.45) is 3.74. The lowest BCUT2D eigenvalue weighted by molar-refractivity contribution is -0.129. The monoisotopic (exact) mass is 245 g/mol. The van der Waals surface area contributed by atoms with Crippen molar-refractivity contribution in [3.8, 4) is 0 Å². The van der Waals surface area contributed by atoms with E-state index in [1.54, 1.807) is 11.8 Å². The first-order valence-corrected chi connectivity index (χ1v) is 7.11. The van der Waals surface area contributed by atoms with E-state index in [-0.39, 0.29) is 12.0 Å².